The Hall–Kier alpha value is -1.88. The SMILES string of the molecule is NC(c1ccc2[nH]c(=O)c(=O)[nH]c2c1)C1C2CCCC21. The van der Waals surface area contributed by atoms with E-state index >= 15 is 0 Å². The van der Waals surface area contributed by atoms with Crippen molar-refractivity contribution >= 4 is 11.0 Å². The van der Waals surface area contributed by atoms with Crippen molar-refractivity contribution in [2.24, 2.45) is 23.5 Å². The second kappa shape index (κ2) is 4.06. The van der Waals surface area contributed by atoms with Gasteiger partial charge in [-0.2, -0.15) is 0 Å². The van der Waals surface area contributed by atoms with Gasteiger partial charge in [0.1, 0.15) is 0 Å². The average Bonchev–Trinajstić information content (AvgIpc) is 2.91. The Bertz CT molecular complexity index is 782. The number of aromatic amines is 2. The van der Waals surface area contributed by atoms with Crippen LogP contribution in [0.1, 0.15) is 30.9 Å². The summed E-state index contributed by atoms with van der Waals surface area (Å²) in [6, 6.07) is 5.70. The molecule has 3 atom stereocenters. The van der Waals surface area contributed by atoms with E-state index in [1.165, 1.54) is 19.3 Å². The van der Waals surface area contributed by atoms with E-state index in [0.717, 1.165) is 17.4 Å². The third-order valence-electron chi connectivity index (χ3n) is 5.02. The van der Waals surface area contributed by atoms with E-state index in [-0.39, 0.29) is 6.04 Å². The number of fused-ring (bicyclic) bond motifs is 2. The predicted molar refractivity (Wildman–Crippen MR) is 76.4 cm³/mol. The topological polar surface area (TPSA) is 91.7 Å². The molecule has 104 valence electrons. The smallest absolute Gasteiger partial charge is 0.314 e. The number of hydrogen-bond donors (Lipinski definition) is 3. The third-order valence-corrected chi connectivity index (χ3v) is 5.02. The van der Waals surface area contributed by atoms with Crippen LogP contribution in [0.15, 0.2) is 27.8 Å². The molecule has 1 aromatic heterocycles. The van der Waals surface area contributed by atoms with Crippen molar-refractivity contribution in [2.45, 2.75) is 25.3 Å². The number of nitrogens with two attached hydrogens (primary N) is 1. The monoisotopic (exact) mass is 271 g/mol. The normalized spacial score (nSPS) is 29.4. The van der Waals surface area contributed by atoms with Gasteiger partial charge in [0.2, 0.25) is 0 Å². The zero-order valence-electron chi connectivity index (χ0n) is 11.1. The van der Waals surface area contributed by atoms with Gasteiger partial charge in [-0.25, -0.2) is 0 Å². The summed E-state index contributed by atoms with van der Waals surface area (Å²) in [6.45, 7) is 0. The molecule has 20 heavy (non-hydrogen) atoms. The molecule has 0 bridgehead atoms. The fourth-order valence-electron chi connectivity index (χ4n) is 3.97. The summed E-state index contributed by atoms with van der Waals surface area (Å²) in [5.41, 5.74) is 7.48. The number of hydrogen-bond acceptors (Lipinski definition) is 3. The van der Waals surface area contributed by atoms with Crippen LogP contribution in [-0.2, 0) is 0 Å². The van der Waals surface area contributed by atoms with Gasteiger partial charge in [0.25, 0.3) is 0 Å². The lowest BCUT2D eigenvalue weighted by atomic mass is 9.97. The number of nitrogens with one attached hydrogen (secondary N) is 2. The summed E-state index contributed by atoms with van der Waals surface area (Å²) >= 11 is 0. The van der Waals surface area contributed by atoms with Crippen molar-refractivity contribution in [3.8, 4) is 0 Å². The molecule has 0 amide bonds. The maximum Gasteiger partial charge on any atom is 0.314 e. The van der Waals surface area contributed by atoms with E-state index in [4.69, 9.17) is 5.73 Å². The van der Waals surface area contributed by atoms with Crippen LogP contribution < -0.4 is 16.9 Å². The molecule has 4 N–H and O–H groups in total. The highest BCUT2D eigenvalue weighted by Crippen LogP contribution is 2.61. The van der Waals surface area contributed by atoms with Crippen molar-refractivity contribution in [2.75, 3.05) is 0 Å². The predicted octanol–water partition coefficient (Wildman–Crippen LogP) is 1.26. The van der Waals surface area contributed by atoms with Crippen LogP contribution in [0.2, 0.25) is 0 Å². The quantitative estimate of drug-likeness (QED) is 0.718. The minimum Gasteiger partial charge on any atom is -0.324 e. The summed E-state index contributed by atoms with van der Waals surface area (Å²) in [5, 5.41) is 0. The van der Waals surface area contributed by atoms with E-state index in [1.54, 1.807) is 0 Å². The van der Waals surface area contributed by atoms with Crippen molar-refractivity contribution in [3.05, 3.63) is 44.5 Å². The molecule has 0 spiro atoms. The molecule has 2 aromatic rings. The van der Waals surface area contributed by atoms with Gasteiger partial charge in [0.05, 0.1) is 11.0 Å². The highest BCUT2D eigenvalue weighted by Gasteiger charge is 2.55. The van der Waals surface area contributed by atoms with Crippen LogP contribution in [0.5, 0.6) is 0 Å². The summed E-state index contributed by atoms with van der Waals surface area (Å²) in [6.07, 6.45) is 3.95. The molecule has 4 rings (SSSR count). The Morgan fingerprint density at radius 1 is 1.05 bits per heavy atom. The number of aromatic nitrogens is 2. The lowest BCUT2D eigenvalue weighted by molar-refractivity contribution is 0.502. The zero-order chi connectivity index (χ0) is 13.9. The van der Waals surface area contributed by atoms with Crippen LogP contribution in [0, 0.1) is 17.8 Å². The third kappa shape index (κ3) is 1.66. The van der Waals surface area contributed by atoms with Crippen LogP contribution in [0.4, 0.5) is 0 Å². The molecular formula is C15H17N3O2. The number of benzene rings is 1. The first-order valence-corrected chi connectivity index (χ1v) is 7.17. The summed E-state index contributed by atoms with van der Waals surface area (Å²) < 4.78 is 0. The minimum absolute atomic E-state index is 0.0325. The molecule has 2 fully saturated rings. The first-order valence-electron chi connectivity index (χ1n) is 7.17. The largest absolute Gasteiger partial charge is 0.324 e. The molecule has 2 aliphatic carbocycles. The second-order valence-corrected chi connectivity index (χ2v) is 6.08. The zero-order valence-corrected chi connectivity index (χ0v) is 11.1. The van der Waals surface area contributed by atoms with E-state index in [2.05, 4.69) is 9.97 Å². The van der Waals surface area contributed by atoms with Crippen LogP contribution in [0.3, 0.4) is 0 Å². The lowest BCUT2D eigenvalue weighted by Crippen LogP contribution is -2.29. The summed E-state index contributed by atoms with van der Waals surface area (Å²) in [4.78, 5) is 27.8. The van der Waals surface area contributed by atoms with Gasteiger partial charge in [-0.15, -0.1) is 0 Å². The van der Waals surface area contributed by atoms with Gasteiger partial charge in [-0.3, -0.25) is 9.59 Å². The highest BCUT2D eigenvalue weighted by atomic mass is 16.2. The lowest BCUT2D eigenvalue weighted by Gasteiger charge is -2.14. The van der Waals surface area contributed by atoms with E-state index in [0.29, 0.717) is 17.0 Å². The molecule has 0 radical (unpaired) electrons. The van der Waals surface area contributed by atoms with Gasteiger partial charge < -0.3 is 15.7 Å². The van der Waals surface area contributed by atoms with E-state index in [1.807, 2.05) is 18.2 Å². The van der Waals surface area contributed by atoms with E-state index in [9.17, 15) is 9.59 Å². The number of H-pyrrole nitrogens is 2. The number of rotatable bonds is 2. The van der Waals surface area contributed by atoms with E-state index < -0.39 is 11.1 Å². The van der Waals surface area contributed by atoms with Gasteiger partial charge >= 0.3 is 11.1 Å². The second-order valence-electron chi connectivity index (χ2n) is 6.08. The van der Waals surface area contributed by atoms with Crippen molar-refractivity contribution in [1.82, 2.24) is 9.97 Å². The molecule has 5 nitrogen and oxygen atoms in total. The standard InChI is InChI=1S/C15H17N3O2/c16-13(12-8-2-1-3-9(8)12)7-4-5-10-11(6-7)18-15(20)14(19)17-10/h4-6,8-9,12-13H,1-3,16H2,(H,17,19)(H,18,20). The molecule has 1 heterocycles. The van der Waals surface area contributed by atoms with Crippen LogP contribution in [0.25, 0.3) is 11.0 Å². The Morgan fingerprint density at radius 3 is 2.40 bits per heavy atom. The average molecular weight is 271 g/mol. The first-order chi connectivity index (χ1) is 9.65. The Kier molecular flexibility index (Phi) is 2.41. The highest BCUT2D eigenvalue weighted by molar-refractivity contribution is 5.74. The van der Waals surface area contributed by atoms with Gasteiger partial charge in [-0.05, 0) is 48.3 Å². The molecular weight excluding hydrogens is 254 g/mol. The fourth-order valence-corrected chi connectivity index (χ4v) is 3.97. The molecule has 2 aliphatic rings. The first kappa shape index (κ1) is 11.9. The Balaban J connectivity index is 1.72. The van der Waals surface area contributed by atoms with Crippen molar-refractivity contribution in [3.63, 3.8) is 0 Å². The molecule has 3 unspecified atom stereocenters. The fraction of sp³-hybridized carbons (Fsp3) is 0.467. The summed E-state index contributed by atoms with van der Waals surface area (Å²) in [7, 11) is 0. The molecule has 2 saturated carbocycles. The van der Waals surface area contributed by atoms with Gasteiger partial charge in [0.15, 0.2) is 0 Å². The molecule has 5 heteroatoms. The van der Waals surface area contributed by atoms with Crippen LogP contribution >= 0.6 is 0 Å². The Labute approximate surface area is 115 Å². The Morgan fingerprint density at radius 2 is 1.70 bits per heavy atom. The molecule has 0 aliphatic heterocycles. The maximum absolute atomic E-state index is 11.4. The minimum atomic E-state index is -0.619. The van der Waals surface area contributed by atoms with Gasteiger partial charge in [0, 0.05) is 6.04 Å². The summed E-state index contributed by atoms with van der Waals surface area (Å²) in [5.74, 6) is 2.20. The van der Waals surface area contributed by atoms with Gasteiger partial charge in [-0.1, -0.05) is 12.5 Å². The molecule has 1 aromatic carbocycles. The van der Waals surface area contributed by atoms with Crippen molar-refractivity contribution < 1.29 is 0 Å². The maximum atomic E-state index is 11.4. The molecule has 0 saturated heterocycles. The van der Waals surface area contributed by atoms with Crippen LogP contribution in [-0.4, -0.2) is 9.97 Å². The van der Waals surface area contributed by atoms with Crippen molar-refractivity contribution in [1.29, 1.82) is 0 Å².